The van der Waals surface area contributed by atoms with E-state index in [1.807, 2.05) is 60.7 Å². The molecule has 0 radical (unpaired) electrons. The van der Waals surface area contributed by atoms with Crippen LogP contribution in [-0.4, -0.2) is 5.91 Å². The van der Waals surface area contributed by atoms with E-state index in [1.54, 1.807) is 24.3 Å². The van der Waals surface area contributed by atoms with E-state index < -0.39 is 5.91 Å². The van der Waals surface area contributed by atoms with E-state index in [1.165, 1.54) is 6.08 Å². The predicted octanol–water partition coefficient (Wildman–Crippen LogP) is 7.92. The molecule has 0 aliphatic heterocycles. The van der Waals surface area contributed by atoms with Gasteiger partial charge >= 0.3 is 0 Å². The minimum atomic E-state index is -0.614. The molecule has 0 atom stereocenters. The second-order valence-electron chi connectivity index (χ2n) is 7.30. The Kier molecular flexibility index (Phi) is 7.40. The lowest BCUT2D eigenvalue weighted by Gasteiger charge is -2.14. The van der Waals surface area contributed by atoms with Gasteiger partial charge in [0.1, 0.15) is 24.0 Å². The Morgan fingerprint density at radius 3 is 2.44 bits per heavy atom. The first kappa shape index (κ1) is 23.7. The molecule has 4 nitrogen and oxygen atoms in total. The van der Waals surface area contributed by atoms with Gasteiger partial charge in [-0.2, -0.15) is 5.26 Å². The number of nitriles is 1. The molecule has 0 heterocycles. The first-order valence-electron chi connectivity index (χ1n) is 10.2. The predicted molar refractivity (Wildman–Crippen MR) is 138 cm³/mol. The largest absolute Gasteiger partial charge is 0.488 e. The molecule has 0 spiro atoms. The van der Waals surface area contributed by atoms with Gasteiger partial charge in [0.05, 0.1) is 15.7 Å². The van der Waals surface area contributed by atoms with E-state index in [2.05, 4.69) is 5.32 Å². The molecular weight excluding hydrogens is 491 g/mol. The van der Waals surface area contributed by atoms with Gasteiger partial charge in [0.25, 0.3) is 5.91 Å². The van der Waals surface area contributed by atoms with Crippen molar-refractivity contribution in [3.05, 3.63) is 111 Å². The third-order valence-electron chi connectivity index (χ3n) is 5.13. The maximum atomic E-state index is 12.9. The van der Waals surface area contributed by atoms with Gasteiger partial charge in [-0.25, -0.2) is 0 Å². The Hall–Kier alpha value is -3.49. The number of rotatable bonds is 6. The van der Waals surface area contributed by atoms with Gasteiger partial charge in [-0.1, -0.05) is 89.4 Å². The fourth-order valence-electron chi connectivity index (χ4n) is 3.40. The Morgan fingerprint density at radius 2 is 1.65 bits per heavy atom. The second kappa shape index (κ2) is 10.6. The average molecular weight is 508 g/mol. The molecule has 34 heavy (non-hydrogen) atoms. The summed E-state index contributed by atoms with van der Waals surface area (Å²) in [5.74, 6) is -0.100. The summed E-state index contributed by atoms with van der Waals surface area (Å²) in [6, 6.07) is 25.6. The quantitative estimate of drug-likeness (QED) is 0.213. The lowest BCUT2D eigenvalue weighted by Crippen LogP contribution is -2.14. The minimum Gasteiger partial charge on any atom is -0.488 e. The van der Waals surface area contributed by atoms with Crippen LogP contribution >= 0.6 is 34.8 Å². The van der Waals surface area contributed by atoms with Gasteiger partial charge < -0.3 is 10.1 Å². The monoisotopic (exact) mass is 506 g/mol. The van der Waals surface area contributed by atoms with E-state index in [4.69, 9.17) is 39.5 Å². The number of nitrogens with zero attached hydrogens (tertiary/aromatic N) is 1. The topological polar surface area (TPSA) is 62.1 Å². The Bertz CT molecular complexity index is 1460. The van der Waals surface area contributed by atoms with Gasteiger partial charge in [0, 0.05) is 16.1 Å². The second-order valence-corrected chi connectivity index (χ2v) is 8.50. The summed E-state index contributed by atoms with van der Waals surface area (Å²) in [5, 5.41) is 15.3. The summed E-state index contributed by atoms with van der Waals surface area (Å²) in [6.45, 7) is 0.227. The van der Waals surface area contributed by atoms with Crippen LogP contribution in [0.3, 0.4) is 0 Å². The number of ether oxygens (including phenoxy) is 1. The molecule has 168 valence electrons. The smallest absolute Gasteiger partial charge is 0.266 e. The van der Waals surface area contributed by atoms with Crippen LogP contribution in [-0.2, 0) is 11.4 Å². The lowest BCUT2D eigenvalue weighted by molar-refractivity contribution is -0.112. The van der Waals surface area contributed by atoms with Crippen molar-refractivity contribution in [3.63, 3.8) is 0 Å². The fourth-order valence-corrected chi connectivity index (χ4v) is 3.94. The van der Waals surface area contributed by atoms with E-state index in [9.17, 15) is 10.1 Å². The van der Waals surface area contributed by atoms with Gasteiger partial charge in [0.2, 0.25) is 0 Å². The molecule has 1 N–H and O–H groups in total. The number of carbonyl (C=O) groups excluding carboxylic acids is 1. The van der Waals surface area contributed by atoms with E-state index in [0.717, 1.165) is 16.3 Å². The first-order chi connectivity index (χ1) is 16.5. The third-order valence-corrected chi connectivity index (χ3v) is 6.31. The van der Waals surface area contributed by atoms with Crippen LogP contribution in [0.15, 0.2) is 84.4 Å². The molecule has 0 bridgehead atoms. The van der Waals surface area contributed by atoms with Gasteiger partial charge in [-0.05, 0) is 41.1 Å². The number of fused-ring (bicyclic) bond motifs is 1. The molecule has 0 aliphatic carbocycles. The lowest BCUT2D eigenvalue weighted by atomic mass is 10.0. The van der Waals surface area contributed by atoms with E-state index in [-0.39, 0.29) is 17.2 Å². The highest BCUT2D eigenvalue weighted by Gasteiger charge is 2.16. The molecule has 0 unspecified atom stereocenters. The van der Waals surface area contributed by atoms with Crippen molar-refractivity contribution in [3.8, 4) is 11.8 Å². The van der Waals surface area contributed by atoms with Crippen molar-refractivity contribution < 1.29 is 9.53 Å². The molecule has 4 aromatic carbocycles. The summed E-state index contributed by atoms with van der Waals surface area (Å²) >= 11 is 18.5. The number of anilines is 1. The normalized spacial score (nSPS) is 11.2. The Labute approximate surface area is 211 Å². The first-order valence-corrected chi connectivity index (χ1v) is 11.4. The molecule has 1 amide bonds. The average Bonchev–Trinajstić information content (AvgIpc) is 2.85. The summed E-state index contributed by atoms with van der Waals surface area (Å²) in [5.41, 5.74) is 1.62. The van der Waals surface area contributed by atoms with E-state index in [0.29, 0.717) is 27.0 Å². The van der Waals surface area contributed by atoms with Crippen LogP contribution in [0.25, 0.3) is 16.8 Å². The van der Waals surface area contributed by atoms with Crippen LogP contribution in [0, 0.1) is 11.3 Å². The zero-order valence-corrected chi connectivity index (χ0v) is 20.0. The van der Waals surface area contributed by atoms with Gasteiger partial charge in [-0.15, -0.1) is 0 Å². The number of benzene rings is 4. The number of halogens is 3. The SMILES string of the molecule is N#C/C(=C\c1c(OCc2ccccc2Cl)ccc2ccccc12)C(=O)Nc1cccc(Cl)c1Cl. The summed E-state index contributed by atoms with van der Waals surface area (Å²) < 4.78 is 6.08. The molecule has 4 aromatic rings. The van der Waals surface area contributed by atoms with Crippen molar-refractivity contribution in [1.29, 1.82) is 5.26 Å². The maximum absolute atomic E-state index is 12.9. The fraction of sp³-hybridized carbons (Fsp3) is 0.0370. The van der Waals surface area contributed by atoms with Crippen molar-refractivity contribution in [2.75, 3.05) is 5.32 Å². The third kappa shape index (κ3) is 5.18. The number of nitrogens with one attached hydrogen (secondary N) is 1. The van der Waals surface area contributed by atoms with Crippen molar-refractivity contribution in [2.24, 2.45) is 0 Å². The number of carbonyl (C=O) groups is 1. The van der Waals surface area contributed by atoms with Crippen LogP contribution in [0.5, 0.6) is 5.75 Å². The van der Waals surface area contributed by atoms with Crippen molar-refractivity contribution in [1.82, 2.24) is 0 Å². The highest BCUT2D eigenvalue weighted by molar-refractivity contribution is 6.44. The van der Waals surface area contributed by atoms with Crippen LogP contribution < -0.4 is 10.1 Å². The zero-order chi connectivity index (χ0) is 24.1. The molecule has 0 fully saturated rings. The number of hydrogen-bond acceptors (Lipinski definition) is 3. The Balaban J connectivity index is 1.72. The van der Waals surface area contributed by atoms with Crippen molar-refractivity contribution >= 4 is 63.2 Å². The summed E-state index contributed by atoms with van der Waals surface area (Å²) in [4.78, 5) is 12.9. The van der Waals surface area contributed by atoms with Crippen LogP contribution in [0.1, 0.15) is 11.1 Å². The number of amides is 1. The zero-order valence-electron chi connectivity index (χ0n) is 17.7. The van der Waals surface area contributed by atoms with Crippen molar-refractivity contribution in [2.45, 2.75) is 6.61 Å². The molecule has 0 saturated carbocycles. The molecule has 7 heteroatoms. The Morgan fingerprint density at radius 1 is 0.912 bits per heavy atom. The van der Waals surface area contributed by atoms with Crippen LogP contribution in [0.4, 0.5) is 5.69 Å². The highest BCUT2D eigenvalue weighted by atomic mass is 35.5. The molecule has 4 rings (SSSR count). The van der Waals surface area contributed by atoms with Crippen LogP contribution in [0.2, 0.25) is 15.1 Å². The molecule has 0 saturated heterocycles. The molecule has 0 aromatic heterocycles. The minimum absolute atomic E-state index is 0.116. The highest BCUT2D eigenvalue weighted by Crippen LogP contribution is 2.33. The number of hydrogen-bond donors (Lipinski definition) is 1. The van der Waals surface area contributed by atoms with Gasteiger partial charge in [0.15, 0.2) is 0 Å². The standard InChI is InChI=1S/C27H17Cl3N2O2/c28-22-9-4-2-7-18(22)16-34-25-13-12-17-6-1-3-8-20(17)21(25)14-19(15-31)27(33)32-24-11-5-10-23(29)26(24)30/h1-14H,16H2,(H,32,33)/b19-14+. The molecule has 0 aliphatic rings. The van der Waals surface area contributed by atoms with Gasteiger partial charge in [-0.3, -0.25) is 4.79 Å². The summed E-state index contributed by atoms with van der Waals surface area (Å²) in [6.07, 6.45) is 1.51. The maximum Gasteiger partial charge on any atom is 0.266 e. The summed E-state index contributed by atoms with van der Waals surface area (Å²) in [7, 11) is 0. The van der Waals surface area contributed by atoms with E-state index >= 15 is 0 Å². The molecular formula is C27H17Cl3N2O2.